The van der Waals surface area contributed by atoms with Crippen molar-refractivity contribution in [2.75, 3.05) is 0 Å². The van der Waals surface area contributed by atoms with Crippen LogP contribution >= 0.6 is 0 Å². The van der Waals surface area contributed by atoms with E-state index in [-0.39, 0.29) is 11.5 Å². The normalized spacial score (nSPS) is 11.9. The Hall–Kier alpha value is -7.30. The zero-order valence-corrected chi connectivity index (χ0v) is 30.5. The van der Waals surface area contributed by atoms with Gasteiger partial charge in [0.15, 0.2) is 0 Å². The van der Waals surface area contributed by atoms with Crippen molar-refractivity contribution < 1.29 is 10.2 Å². The fourth-order valence-corrected chi connectivity index (χ4v) is 9.26. The predicted molar refractivity (Wildman–Crippen MR) is 233 cm³/mol. The van der Waals surface area contributed by atoms with Crippen LogP contribution in [0.5, 0.6) is 11.5 Å². The molecule has 4 nitrogen and oxygen atoms in total. The largest absolute Gasteiger partial charge is 0.507 e. The minimum atomic E-state index is 0.225. The monoisotopic (exact) mass is 720 g/mol. The maximum Gasteiger partial charge on any atom is 0.124 e. The summed E-state index contributed by atoms with van der Waals surface area (Å²) in [6, 6.07) is 62.9. The van der Waals surface area contributed by atoms with Crippen molar-refractivity contribution in [1.82, 2.24) is 9.13 Å². The van der Waals surface area contributed by atoms with E-state index in [0.29, 0.717) is 13.1 Å². The highest BCUT2D eigenvalue weighted by atomic mass is 16.3. The fourth-order valence-electron chi connectivity index (χ4n) is 9.26. The second-order valence-electron chi connectivity index (χ2n) is 14.7. The first-order valence-electron chi connectivity index (χ1n) is 19.1. The summed E-state index contributed by atoms with van der Waals surface area (Å²) in [6.07, 6.45) is 0. The van der Waals surface area contributed by atoms with E-state index in [1.54, 1.807) is 0 Å². The number of rotatable bonds is 6. The molecule has 0 aliphatic rings. The fraction of sp³-hybridized carbons (Fsp3) is 0.0385. The van der Waals surface area contributed by atoms with Gasteiger partial charge in [-0.3, -0.25) is 0 Å². The van der Waals surface area contributed by atoms with Gasteiger partial charge in [-0.2, -0.15) is 0 Å². The molecule has 56 heavy (non-hydrogen) atoms. The van der Waals surface area contributed by atoms with Gasteiger partial charge in [-0.05, 0) is 56.9 Å². The number of nitrogens with zero attached hydrogens (tertiary/aromatic N) is 2. The molecule has 0 saturated heterocycles. The van der Waals surface area contributed by atoms with Gasteiger partial charge < -0.3 is 19.3 Å². The second kappa shape index (κ2) is 12.6. The molecule has 11 rings (SSSR count). The van der Waals surface area contributed by atoms with Gasteiger partial charge in [0.25, 0.3) is 0 Å². The quantitative estimate of drug-likeness (QED) is 0.180. The molecule has 266 valence electrons. The molecule has 0 fully saturated rings. The van der Waals surface area contributed by atoms with Crippen molar-refractivity contribution in [3.8, 4) is 33.8 Å². The van der Waals surface area contributed by atoms with E-state index in [1.807, 2.05) is 24.3 Å². The topological polar surface area (TPSA) is 50.3 Å². The van der Waals surface area contributed by atoms with Gasteiger partial charge in [0.2, 0.25) is 0 Å². The average Bonchev–Trinajstić information content (AvgIpc) is 3.74. The number of benzene rings is 9. The summed E-state index contributed by atoms with van der Waals surface area (Å²) >= 11 is 0. The van der Waals surface area contributed by atoms with Crippen LogP contribution < -0.4 is 0 Å². The number of para-hydroxylation sites is 2. The van der Waals surface area contributed by atoms with Crippen LogP contribution in [0, 0.1) is 0 Å². The molecule has 0 aliphatic carbocycles. The van der Waals surface area contributed by atoms with Crippen LogP contribution in [-0.2, 0) is 13.1 Å². The number of hydrogen-bond acceptors (Lipinski definition) is 2. The summed E-state index contributed by atoms with van der Waals surface area (Å²) in [4.78, 5) is 0. The van der Waals surface area contributed by atoms with Crippen molar-refractivity contribution in [2.24, 2.45) is 0 Å². The van der Waals surface area contributed by atoms with E-state index in [1.165, 1.54) is 11.1 Å². The molecule has 0 spiro atoms. The third kappa shape index (κ3) is 4.79. The van der Waals surface area contributed by atoms with Crippen LogP contribution in [0.1, 0.15) is 11.1 Å². The minimum absolute atomic E-state index is 0.225. The smallest absolute Gasteiger partial charge is 0.124 e. The molecule has 0 saturated carbocycles. The van der Waals surface area contributed by atoms with Crippen molar-refractivity contribution in [2.45, 2.75) is 13.1 Å². The standard InChI is InChI=1S/C52H36N2O2/c55-43-29-27-35-19-7-9-21-37(35)45(43)49-48-40-24-12-14-26-42(40)54(32-34-17-5-2-6-18-34)52(48)50(46-38-22-10-8-20-36(38)28-30-44(46)56)47-39-23-11-13-25-41(39)53(51(47)49)31-33-15-3-1-4-16-33/h1-30,55-56H,31-32H2. The number of aromatic hydroxyl groups is 2. The van der Waals surface area contributed by atoms with Crippen LogP contribution in [0.15, 0.2) is 182 Å². The molecular formula is C52H36N2O2. The lowest BCUT2D eigenvalue weighted by atomic mass is 9.86. The molecule has 9 aromatic carbocycles. The third-order valence-corrected chi connectivity index (χ3v) is 11.6. The Kier molecular flexibility index (Phi) is 7.26. The summed E-state index contributed by atoms with van der Waals surface area (Å²) in [5, 5.41) is 32.8. The molecule has 11 aromatic rings. The maximum absolute atomic E-state index is 12.3. The average molecular weight is 721 g/mol. The Labute approximate surface area is 323 Å². The van der Waals surface area contributed by atoms with E-state index in [2.05, 4.69) is 167 Å². The highest BCUT2D eigenvalue weighted by molar-refractivity contribution is 6.35. The zero-order chi connectivity index (χ0) is 37.3. The van der Waals surface area contributed by atoms with Gasteiger partial charge in [-0.25, -0.2) is 0 Å². The summed E-state index contributed by atoms with van der Waals surface area (Å²) in [5.74, 6) is 0.451. The minimum Gasteiger partial charge on any atom is -0.507 e. The number of hydrogen-bond donors (Lipinski definition) is 2. The predicted octanol–water partition coefficient (Wildman–Crippen LogP) is 13.1. The zero-order valence-electron chi connectivity index (χ0n) is 30.5. The van der Waals surface area contributed by atoms with Gasteiger partial charge >= 0.3 is 0 Å². The summed E-state index contributed by atoms with van der Waals surface area (Å²) in [7, 11) is 0. The highest BCUT2D eigenvalue weighted by Gasteiger charge is 2.31. The molecule has 0 radical (unpaired) electrons. The van der Waals surface area contributed by atoms with Gasteiger partial charge in [0, 0.05) is 67.9 Å². The first-order valence-corrected chi connectivity index (χ1v) is 19.1. The first kappa shape index (κ1) is 32.2. The van der Waals surface area contributed by atoms with Gasteiger partial charge in [0.1, 0.15) is 11.5 Å². The van der Waals surface area contributed by atoms with E-state index >= 15 is 0 Å². The lowest BCUT2D eigenvalue weighted by Crippen LogP contribution is -2.03. The van der Waals surface area contributed by atoms with Gasteiger partial charge in [0.05, 0.1) is 11.0 Å². The van der Waals surface area contributed by atoms with E-state index in [4.69, 9.17) is 0 Å². The van der Waals surface area contributed by atoms with Crippen LogP contribution in [0.3, 0.4) is 0 Å². The number of fused-ring (bicyclic) bond motifs is 8. The van der Waals surface area contributed by atoms with Crippen molar-refractivity contribution >= 4 is 65.2 Å². The molecule has 2 heterocycles. The molecule has 0 atom stereocenters. The maximum atomic E-state index is 12.3. The molecule has 2 aromatic heterocycles. The van der Waals surface area contributed by atoms with Crippen molar-refractivity contribution in [1.29, 1.82) is 0 Å². The van der Waals surface area contributed by atoms with Crippen LogP contribution in [0.2, 0.25) is 0 Å². The van der Waals surface area contributed by atoms with E-state index < -0.39 is 0 Å². The lowest BCUT2D eigenvalue weighted by Gasteiger charge is -2.21. The van der Waals surface area contributed by atoms with Crippen LogP contribution in [0.4, 0.5) is 0 Å². The SMILES string of the molecule is Oc1ccc2ccccc2c1-c1c2c3ccccc3n(Cc3ccccc3)c2c(-c2c(O)ccc3ccccc23)c2c3ccccc3n(Cc3ccccc3)c12. The lowest BCUT2D eigenvalue weighted by molar-refractivity contribution is 0.477. The van der Waals surface area contributed by atoms with Crippen LogP contribution in [0.25, 0.3) is 87.4 Å². The van der Waals surface area contributed by atoms with Gasteiger partial charge in [-0.15, -0.1) is 0 Å². The first-order chi connectivity index (χ1) is 27.7. The van der Waals surface area contributed by atoms with Crippen molar-refractivity contribution in [3.63, 3.8) is 0 Å². The number of phenolic OH excluding ortho intramolecular Hbond substituents is 2. The molecular weight excluding hydrogens is 685 g/mol. The third-order valence-electron chi connectivity index (χ3n) is 11.6. The Bertz CT molecular complexity index is 3100. The van der Waals surface area contributed by atoms with E-state index in [0.717, 1.165) is 87.4 Å². The molecule has 0 aliphatic heterocycles. The Morgan fingerprint density at radius 2 is 0.679 bits per heavy atom. The molecule has 2 N–H and O–H groups in total. The van der Waals surface area contributed by atoms with Crippen molar-refractivity contribution in [3.05, 3.63) is 193 Å². The molecule has 0 amide bonds. The summed E-state index contributed by atoms with van der Waals surface area (Å²) in [6.45, 7) is 1.22. The summed E-state index contributed by atoms with van der Waals surface area (Å²) < 4.78 is 4.87. The van der Waals surface area contributed by atoms with Crippen LogP contribution in [-0.4, -0.2) is 19.3 Å². The Morgan fingerprint density at radius 3 is 1.11 bits per heavy atom. The highest BCUT2D eigenvalue weighted by Crippen LogP contribution is 2.55. The van der Waals surface area contributed by atoms with E-state index in [9.17, 15) is 10.2 Å². The number of phenols is 2. The van der Waals surface area contributed by atoms with Gasteiger partial charge in [-0.1, -0.05) is 158 Å². The number of aromatic nitrogens is 2. The summed E-state index contributed by atoms with van der Waals surface area (Å²) in [5.41, 5.74) is 10.1. The molecule has 4 heteroatoms. The Morgan fingerprint density at radius 1 is 0.321 bits per heavy atom. The Balaban J connectivity index is 1.48. The molecule has 0 unspecified atom stereocenters. The second-order valence-corrected chi connectivity index (χ2v) is 14.7. The molecule has 0 bridgehead atoms.